The van der Waals surface area contributed by atoms with E-state index in [1.54, 1.807) is 0 Å². The van der Waals surface area contributed by atoms with Gasteiger partial charge >= 0.3 is 0 Å². The smallest absolute Gasteiger partial charge is 0.0843 e. The summed E-state index contributed by atoms with van der Waals surface area (Å²) >= 11 is 3.61. The van der Waals surface area contributed by atoms with Crippen LogP contribution >= 0.6 is 15.9 Å². The van der Waals surface area contributed by atoms with Crippen LogP contribution in [-0.2, 0) is 20.0 Å². The Labute approximate surface area is 115 Å². The number of nitrogen functional groups attached to an aromatic ring is 1. The second-order valence-electron chi connectivity index (χ2n) is 4.43. The van der Waals surface area contributed by atoms with E-state index in [4.69, 9.17) is 5.73 Å². The van der Waals surface area contributed by atoms with Crippen molar-refractivity contribution in [2.24, 2.45) is 7.05 Å². The normalized spacial score (nSPS) is 11.2. The number of rotatable bonds is 3. The average molecular weight is 312 g/mol. The van der Waals surface area contributed by atoms with Crippen molar-refractivity contribution >= 4 is 21.6 Å². The van der Waals surface area contributed by atoms with E-state index in [0.717, 1.165) is 39.4 Å². The third-order valence-electron chi connectivity index (χ3n) is 3.24. The summed E-state index contributed by atoms with van der Waals surface area (Å²) in [6.07, 6.45) is 0.910. The van der Waals surface area contributed by atoms with Crippen molar-refractivity contribution < 1.29 is 0 Å². The van der Waals surface area contributed by atoms with Crippen molar-refractivity contribution in [3.63, 3.8) is 0 Å². The molecule has 0 aromatic carbocycles. The second-order valence-corrected chi connectivity index (χ2v) is 5.22. The maximum absolute atomic E-state index is 5.95. The van der Waals surface area contributed by atoms with Crippen molar-refractivity contribution in [2.45, 2.75) is 33.7 Å². The summed E-state index contributed by atoms with van der Waals surface area (Å²) in [5.41, 5.74) is 10.8. The lowest BCUT2D eigenvalue weighted by molar-refractivity contribution is 0.601. The van der Waals surface area contributed by atoms with E-state index in [9.17, 15) is 0 Å². The Hall–Kier alpha value is -1.30. The first-order chi connectivity index (χ1) is 8.45. The van der Waals surface area contributed by atoms with Gasteiger partial charge in [0.15, 0.2) is 0 Å². The lowest BCUT2D eigenvalue weighted by Crippen LogP contribution is -2.09. The highest BCUT2D eigenvalue weighted by molar-refractivity contribution is 9.10. The first kappa shape index (κ1) is 13.1. The Morgan fingerprint density at radius 1 is 1.28 bits per heavy atom. The molecule has 0 saturated carbocycles. The fraction of sp³-hybridized carbons (Fsp3) is 0.500. The van der Waals surface area contributed by atoms with E-state index in [-0.39, 0.29) is 0 Å². The molecule has 0 unspecified atom stereocenters. The minimum atomic E-state index is 0.675. The lowest BCUT2D eigenvalue weighted by atomic mass is 10.3. The Bertz CT molecular complexity index is 582. The maximum Gasteiger partial charge on any atom is 0.0843 e. The van der Waals surface area contributed by atoms with Crippen molar-refractivity contribution in [3.8, 4) is 0 Å². The van der Waals surface area contributed by atoms with E-state index in [1.807, 2.05) is 30.3 Å². The van der Waals surface area contributed by atoms with Gasteiger partial charge in [0, 0.05) is 7.05 Å². The van der Waals surface area contributed by atoms with Crippen molar-refractivity contribution in [2.75, 3.05) is 5.73 Å². The highest BCUT2D eigenvalue weighted by Crippen LogP contribution is 2.24. The summed E-state index contributed by atoms with van der Waals surface area (Å²) in [6.45, 7) is 6.68. The summed E-state index contributed by atoms with van der Waals surface area (Å²) < 4.78 is 4.89. The summed E-state index contributed by atoms with van der Waals surface area (Å²) in [4.78, 5) is 0. The van der Waals surface area contributed by atoms with Crippen LogP contribution in [0.1, 0.15) is 29.7 Å². The summed E-state index contributed by atoms with van der Waals surface area (Å²) in [5.74, 6) is 0. The lowest BCUT2D eigenvalue weighted by Gasteiger charge is -2.06. The molecule has 6 heteroatoms. The number of hydrogen-bond acceptors (Lipinski definition) is 3. The second kappa shape index (κ2) is 4.76. The first-order valence-electron chi connectivity index (χ1n) is 5.95. The van der Waals surface area contributed by atoms with E-state index in [2.05, 4.69) is 33.1 Å². The van der Waals surface area contributed by atoms with E-state index in [1.165, 1.54) is 0 Å². The monoisotopic (exact) mass is 311 g/mol. The number of aryl methyl sites for hydroxylation is 3. The van der Waals surface area contributed by atoms with Crippen LogP contribution in [0.3, 0.4) is 0 Å². The highest BCUT2D eigenvalue weighted by Gasteiger charge is 2.15. The van der Waals surface area contributed by atoms with Crippen LogP contribution in [0.4, 0.5) is 5.69 Å². The number of aromatic nitrogens is 4. The van der Waals surface area contributed by atoms with Gasteiger partial charge in [0.2, 0.25) is 0 Å². The molecule has 2 rings (SSSR count). The largest absolute Gasteiger partial charge is 0.396 e. The van der Waals surface area contributed by atoms with Crippen LogP contribution in [0.25, 0.3) is 0 Å². The molecule has 5 nitrogen and oxygen atoms in total. The molecule has 0 bridgehead atoms. The Kier molecular flexibility index (Phi) is 3.47. The molecule has 18 heavy (non-hydrogen) atoms. The van der Waals surface area contributed by atoms with Crippen LogP contribution in [-0.4, -0.2) is 19.6 Å². The van der Waals surface area contributed by atoms with Crippen LogP contribution in [0, 0.1) is 13.8 Å². The quantitative estimate of drug-likeness (QED) is 0.945. The van der Waals surface area contributed by atoms with Gasteiger partial charge in [-0.2, -0.15) is 10.2 Å². The highest BCUT2D eigenvalue weighted by atomic mass is 79.9. The van der Waals surface area contributed by atoms with E-state index >= 15 is 0 Å². The Balaban J connectivity index is 2.40. The molecule has 2 aromatic rings. The third kappa shape index (κ3) is 2.05. The van der Waals surface area contributed by atoms with Crippen LogP contribution < -0.4 is 5.73 Å². The minimum Gasteiger partial charge on any atom is -0.396 e. The fourth-order valence-corrected chi connectivity index (χ4v) is 2.74. The van der Waals surface area contributed by atoms with Crippen molar-refractivity contribution in [1.82, 2.24) is 19.6 Å². The van der Waals surface area contributed by atoms with Crippen LogP contribution in [0.2, 0.25) is 0 Å². The molecule has 0 aliphatic heterocycles. The molecule has 0 fully saturated rings. The summed E-state index contributed by atoms with van der Waals surface area (Å²) in [5, 5.41) is 8.93. The molecule has 2 aromatic heterocycles. The molecule has 0 amide bonds. The molecule has 0 radical (unpaired) electrons. The average Bonchev–Trinajstić information content (AvgIpc) is 2.74. The van der Waals surface area contributed by atoms with Crippen LogP contribution in [0.5, 0.6) is 0 Å². The molecule has 98 valence electrons. The Morgan fingerprint density at radius 2 is 1.94 bits per heavy atom. The molecule has 0 aliphatic rings. The molecule has 0 saturated heterocycles. The molecular weight excluding hydrogens is 294 g/mol. The zero-order valence-corrected chi connectivity index (χ0v) is 12.7. The third-order valence-corrected chi connectivity index (χ3v) is 4.16. The summed E-state index contributed by atoms with van der Waals surface area (Å²) in [7, 11) is 1.95. The molecule has 2 N–H and O–H groups in total. The topological polar surface area (TPSA) is 61.7 Å². The first-order valence-corrected chi connectivity index (χ1v) is 6.74. The SMILES string of the molecule is CCc1nn(C)c(Cn2nc(C)c(N)c2C)c1Br. The maximum atomic E-state index is 5.95. The zero-order chi connectivity index (χ0) is 13.4. The molecule has 0 spiro atoms. The van der Waals surface area contributed by atoms with E-state index in [0.29, 0.717) is 6.54 Å². The number of hydrogen-bond donors (Lipinski definition) is 1. The number of anilines is 1. The van der Waals surface area contributed by atoms with Gasteiger partial charge in [-0.25, -0.2) is 0 Å². The van der Waals surface area contributed by atoms with Crippen molar-refractivity contribution in [3.05, 3.63) is 27.2 Å². The van der Waals surface area contributed by atoms with Gasteiger partial charge in [-0.15, -0.1) is 0 Å². The van der Waals surface area contributed by atoms with Gasteiger partial charge in [0.05, 0.1) is 39.5 Å². The number of nitrogens with two attached hydrogens (primary N) is 1. The van der Waals surface area contributed by atoms with Gasteiger partial charge in [0.25, 0.3) is 0 Å². The standard InChI is InChI=1S/C12H18BrN5/c1-5-9-11(13)10(17(4)16-9)6-18-8(3)12(14)7(2)15-18/h5-6,14H2,1-4H3. The van der Waals surface area contributed by atoms with Gasteiger partial charge in [-0.1, -0.05) is 6.92 Å². The van der Waals surface area contributed by atoms with Gasteiger partial charge in [-0.05, 0) is 36.2 Å². The van der Waals surface area contributed by atoms with Gasteiger partial charge in [0.1, 0.15) is 0 Å². The predicted octanol–water partition coefficient (Wildman–Crippen LogP) is 2.19. The van der Waals surface area contributed by atoms with Crippen molar-refractivity contribution in [1.29, 1.82) is 0 Å². The summed E-state index contributed by atoms with van der Waals surface area (Å²) in [6, 6.07) is 0. The van der Waals surface area contributed by atoms with Gasteiger partial charge in [-0.3, -0.25) is 9.36 Å². The fourth-order valence-electron chi connectivity index (χ4n) is 2.00. The molecule has 0 aliphatic carbocycles. The van der Waals surface area contributed by atoms with E-state index < -0.39 is 0 Å². The Morgan fingerprint density at radius 3 is 2.39 bits per heavy atom. The predicted molar refractivity (Wildman–Crippen MR) is 75.5 cm³/mol. The van der Waals surface area contributed by atoms with Gasteiger partial charge < -0.3 is 5.73 Å². The molecular formula is C12H18BrN5. The molecule has 2 heterocycles. The molecule has 0 atom stereocenters. The number of halogens is 1. The minimum absolute atomic E-state index is 0.675. The van der Waals surface area contributed by atoms with Crippen LogP contribution in [0.15, 0.2) is 4.47 Å². The number of nitrogens with zero attached hydrogens (tertiary/aromatic N) is 4. The zero-order valence-electron chi connectivity index (χ0n) is 11.2.